The van der Waals surface area contributed by atoms with Crippen LogP contribution in [0.4, 0.5) is 0 Å². The zero-order valence-corrected chi connectivity index (χ0v) is 17.8. The van der Waals surface area contributed by atoms with Crippen LogP contribution in [0.3, 0.4) is 0 Å². The van der Waals surface area contributed by atoms with E-state index in [4.69, 9.17) is 9.96 Å². The first-order chi connectivity index (χ1) is 10.7. The Kier molecular flexibility index (Phi) is 4.71. The van der Waals surface area contributed by atoms with E-state index in [0.717, 1.165) is 19.3 Å². The van der Waals surface area contributed by atoms with Gasteiger partial charge in [-0.3, -0.25) is 0 Å². The Hall–Kier alpha value is -0.563. The van der Waals surface area contributed by atoms with Crippen molar-refractivity contribution in [2.24, 2.45) is 21.3 Å². The molecule has 0 saturated heterocycles. The average Bonchev–Trinajstić information content (AvgIpc) is 2.70. The maximum atomic E-state index is 12.3. The second-order valence-corrected chi connectivity index (χ2v) is 16.0. The molecule has 0 radical (unpaired) electrons. The number of nitrogens with zero attached hydrogens (tertiary/aromatic N) is 3. The highest BCUT2D eigenvalue weighted by molar-refractivity contribution is 7.90. The van der Waals surface area contributed by atoms with Crippen molar-refractivity contribution < 1.29 is 12.8 Å². The van der Waals surface area contributed by atoms with E-state index >= 15 is 0 Å². The van der Waals surface area contributed by atoms with Gasteiger partial charge in [0.15, 0.2) is 8.32 Å². The van der Waals surface area contributed by atoms with Gasteiger partial charge >= 0.3 is 0 Å². The molecule has 0 amide bonds. The minimum Gasteiger partial charge on any atom is -0.413 e. The van der Waals surface area contributed by atoms with E-state index in [0.29, 0.717) is 5.92 Å². The number of hydrogen-bond donors (Lipinski definition) is 0. The van der Waals surface area contributed by atoms with Gasteiger partial charge in [-0.2, -0.15) is 0 Å². The fourth-order valence-electron chi connectivity index (χ4n) is 4.45. The highest BCUT2D eigenvalue weighted by Crippen LogP contribution is 2.67. The monoisotopic (exact) mass is 373 g/mol. The Bertz CT molecular complexity index is 663. The maximum Gasteiger partial charge on any atom is 0.236 e. The molecule has 0 heterocycles. The van der Waals surface area contributed by atoms with Crippen molar-refractivity contribution in [1.82, 2.24) is 0 Å². The summed E-state index contributed by atoms with van der Waals surface area (Å²) in [6, 6.07) is 0. The van der Waals surface area contributed by atoms with E-state index in [2.05, 4.69) is 57.1 Å². The van der Waals surface area contributed by atoms with Gasteiger partial charge in [-0.25, -0.2) is 8.42 Å². The summed E-state index contributed by atoms with van der Waals surface area (Å²) in [5.74, 6) is 0.362. The third kappa shape index (κ3) is 3.02. The summed E-state index contributed by atoms with van der Waals surface area (Å²) in [5.41, 5.74) is 8.00. The predicted molar refractivity (Wildman–Crippen MR) is 98.6 cm³/mol. The Labute approximate surface area is 147 Å². The van der Waals surface area contributed by atoms with Crippen LogP contribution in [0.2, 0.25) is 18.1 Å². The second-order valence-electron chi connectivity index (χ2n) is 9.61. The third-order valence-electron chi connectivity index (χ3n) is 7.20. The molecule has 0 N–H and O–H groups in total. The molecule has 24 heavy (non-hydrogen) atoms. The molecule has 2 fully saturated rings. The molecule has 0 spiro atoms. The van der Waals surface area contributed by atoms with Crippen LogP contribution in [-0.4, -0.2) is 28.6 Å². The lowest BCUT2D eigenvalue weighted by Gasteiger charge is -2.47. The van der Waals surface area contributed by atoms with Crippen LogP contribution < -0.4 is 0 Å². The molecule has 2 rings (SSSR count). The zero-order valence-electron chi connectivity index (χ0n) is 16.0. The van der Waals surface area contributed by atoms with E-state index in [1.165, 1.54) is 0 Å². The van der Waals surface area contributed by atoms with Crippen molar-refractivity contribution in [3.05, 3.63) is 10.4 Å². The van der Waals surface area contributed by atoms with Crippen molar-refractivity contribution in [2.45, 2.75) is 78.1 Å². The summed E-state index contributed by atoms with van der Waals surface area (Å²) in [7, 11) is -5.82. The van der Waals surface area contributed by atoms with E-state index in [1.807, 2.05) is 0 Å². The third-order valence-corrected chi connectivity index (χ3v) is 12.9. The van der Waals surface area contributed by atoms with Gasteiger partial charge < -0.3 is 4.43 Å². The fraction of sp³-hybridized carbons (Fsp3) is 1.00. The van der Waals surface area contributed by atoms with Crippen molar-refractivity contribution in [3.63, 3.8) is 0 Å². The minimum atomic E-state index is -3.81. The number of rotatable bonds is 5. The van der Waals surface area contributed by atoms with Crippen LogP contribution >= 0.6 is 0 Å². The highest BCUT2D eigenvalue weighted by atomic mass is 32.2. The summed E-state index contributed by atoms with van der Waals surface area (Å²) < 4.78 is 34.4. The minimum absolute atomic E-state index is 0.0733. The van der Waals surface area contributed by atoms with Gasteiger partial charge in [0.2, 0.25) is 10.0 Å². The summed E-state index contributed by atoms with van der Waals surface area (Å²) in [5, 5.41) is 0.0733. The van der Waals surface area contributed by atoms with Crippen molar-refractivity contribution >= 4 is 18.3 Å². The molecule has 8 heteroatoms. The standard InChI is InChI=1S/C16H31N3O3SSi/c1-14(2,3)24(6,7)22-13-10-12-8-9-16(13,15(12,4)5)11-23(20,21)19-18-17/h12-13H,8-11H2,1-7H3/t12-,13?,16-/m1/s1. The SMILES string of the molecule is CC1(C)[C@@H]2CC[C@@]1(CS(=O)(=O)N=[N+]=[N-])C(O[Si](C)(C)C(C)(C)C)C2. The molecule has 0 aliphatic heterocycles. The van der Waals surface area contributed by atoms with Crippen molar-refractivity contribution in [1.29, 1.82) is 0 Å². The Balaban J connectivity index is 2.41. The van der Waals surface area contributed by atoms with Crippen molar-refractivity contribution in [3.8, 4) is 0 Å². The summed E-state index contributed by atoms with van der Waals surface area (Å²) in [6.07, 6.45) is 2.68. The normalized spacial score (nSPS) is 32.6. The van der Waals surface area contributed by atoms with Gasteiger partial charge in [-0.1, -0.05) is 34.6 Å². The van der Waals surface area contributed by atoms with Crippen LogP contribution in [-0.2, 0) is 14.4 Å². The first kappa shape index (κ1) is 19.8. The number of fused-ring (bicyclic) bond motifs is 2. The van der Waals surface area contributed by atoms with Gasteiger partial charge in [0.05, 0.1) is 11.9 Å². The maximum absolute atomic E-state index is 12.3. The second kappa shape index (κ2) is 5.73. The molecule has 2 aliphatic rings. The number of azide groups is 1. The van der Waals surface area contributed by atoms with E-state index < -0.39 is 23.8 Å². The van der Waals surface area contributed by atoms with Gasteiger partial charge in [0, 0.05) is 14.8 Å². The van der Waals surface area contributed by atoms with Crippen LogP contribution in [0.15, 0.2) is 4.52 Å². The van der Waals surface area contributed by atoms with E-state index in [-0.39, 0.29) is 22.3 Å². The summed E-state index contributed by atoms with van der Waals surface area (Å²) in [6.45, 7) is 15.3. The molecule has 2 bridgehead atoms. The Morgan fingerprint density at radius 3 is 2.38 bits per heavy atom. The lowest BCUT2D eigenvalue weighted by atomic mass is 9.70. The van der Waals surface area contributed by atoms with Gasteiger partial charge in [0.1, 0.15) is 0 Å². The van der Waals surface area contributed by atoms with Gasteiger partial charge in [-0.05, 0) is 54.3 Å². The lowest BCUT2D eigenvalue weighted by molar-refractivity contribution is 0.0237. The molecule has 2 saturated carbocycles. The van der Waals surface area contributed by atoms with Crippen LogP contribution in [0.25, 0.3) is 10.4 Å². The topological polar surface area (TPSA) is 92.1 Å². The Morgan fingerprint density at radius 1 is 1.33 bits per heavy atom. The average molecular weight is 374 g/mol. The first-order valence-corrected chi connectivity index (χ1v) is 13.2. The smallest absolute Gasteiger partial charge is 0.236 e. The molecule has 138 valence electrons. The molecule has 3 atom stereocenters. The largest absolute Gasteiger partial charge is 0.413 e. The number of sulfonamides is 1. The van der Waals surface area contributed by atoms with Gasteiger partial charge in [0.25, 0.3) is 0 Å². The molecule has 6 nitrogen and oxygen atoms in total. The number of hydrogen-bond acceptors (Lipinski definition) is 3. The van der Waals surface area contributed by atoms with E-state index in [1.54, 1.807) is 0 Å². The highest BCUT2D eigenvalue weighted by Gasteiger charge is 2.66. The van der Waals surface area contributed by atoms with E-state index in [9.17, 15) is 8.42 Å². The molecule has 0 aromatic rings. The Morgan fingerprint density at radius 2 is 1.92 bits per heavy atom. The predicted octanol–water partition coefficient (Wildman–Crippen LogP) is 4.84. The van der Waals surface area contributed by atoms with Crippen LogP contribution in [0.1, 0.15) is 53.9 Å². The molecular formula is C16H31N3O3SSi. The fourth-order valence-corrected chi connectivity index (χ4v) is 7.36. The molecule has 2 aliphatic carbocycles. The first-order valence-electron chi connectivity index (χ1n) is 8.65. The van der Waals surface area contributed by atoms with Crippen LogP contribution in [0.5, 0.6) is 0 Å². The quantitative estimate of drug-likeness (QED) is 0.298. The summed E-state index contributed by atoms with van der Waals surface area (Å²) >= 11 is 0. The molecular weight excluding hydrogens is 342 g/mol. The summed E-state index contributed by atoms with van der Waals surface area (Å²) in [4.78, 5) is 2.52. The zero-order chi connectivity index (χ0) is 18.6. The van der Waals surface area contributed by atoms with Crippen LogP contribution in [0, 0.1) is 16.7 Å². The lowest BCUT2D eigenvalue weighted by Crippen LogP contribution is -2.52. The molecule has 0 aromatic heterocycles. The van der Waals surface area contributed by atoms with Gasteiger partial charge in [-0.15, -0.1) is 0 Å². The molecule has 1 unspecified atom stereocenters. The molecule has 0 aromatic carbocycles. The van der Waals surface area contributed by atoms with Crippen molar-refractivity contribution in [2.75, 3.05) is 5.75 Å².